The van der Waals surface area contributed by atoms with E-state index in [4.69, 9.17) is 4.74 Å². The van der Waals surface area contributed by atoms with Crippen LogP contribution in [-0.4, -0.2) is 55.5 Å². The minimum absolute atomic E-state index is 0.140. The number of carboxylic acid groups (broad SMARTS) is 1. The van der Waals surface area contributed by atoms with Crippen LogP contribution in [0.5, 0.6) is 5.75 Å². The average molecular weight is 642 g/mol. The van der Waals surface area contributed by atoms with Crippen LogP contribution >= 0.6 is 11.8 Å². The van der Waals surface area contributed by atoms with E-state index in [0.29, 0.717) is 12.8 Å². The summed E-state index contributed by atoms with van der Waals surface area (Å²) in [6.07, 6.45) is -7.31. The van der Waals surface area contributed by atoms with Crippen molar-refractivity contribution in [2.24, 2.45) is 11.3 Å². The van der Waals surface area contributed by atoms with Gasteiger partial charge in [0.2, 0.25) is 21.3 Å². The second kappa shape index (κ2) is 10.8. The van der Waals surface area contributed by atoms with Gasteiger partial charge in [0, 0.05) is 48.7 Å². The minimum Gasteiger partial charge on any atom is -0.491 e. The fraction of sp³-hybridized carbons (Fsp3) is 0.519. The largest absolute Gasteiger partial charge is 0.491 e. The Morgan fingerprint density at radius 3 is 2.31 bits per heavy atom. The molecule has 0 aromatic heterocycles. The van der Waals surface area contributed by atoms with E-state index in [2.05, 4.69) is 0 Å². The average Bonchev–Trinajstić information content (AvgIpc) is 3.68. The lowest BCUT2D eigenvalue weighted by Gasteiger charge is -2.35. The first-order chi connectivity index (χ1) is 19.5. The molecule has 2 aromatic carbocycles. The summed E-state index contributed by atoms with van der Waals surface area (Å²) in [5, 5.41) is 8.95. The van der Waals surface area contributed by atoms with Crippen LogP contribution in [0.15, 0.2) is 46.2 Å². The molecular formula is C27H26F7NO5S2. The number of benzene rings is 2. The monoisotopic (exact) mass is 641 g/mol. The number of thioether (sulfide) groups is 1. The predicted octanol–water partition coefficient (Wildman–Crippen LogP) is 7.14. The van der Waals surface area contributed by atoms with Crippen LogP contribution in [0.1, 0.15) is 38.5 Å². The maximum absolute atomic E-state index is 15.7. The zero-order chi connectivity index (χ0) is 30.7. The number of sulfone groups is 1. The Kier molecular flexibility index (Phi) is 7.91. The van der Waals surface area contributed by atoms with Gasteiger partial charge in [-0.1, -0.05) is 0 Å². The summed E-state index contributed by atoms with van der Waals surface area (Å²) in [6, 6.07) is 6.90. The zero-order valence-electron chi connectivity index (χ0n) is 21.8. The van der Waals surface area contributed by atoms with Crippen LogP contribution in [0, 0.1) is 17.2 Å². The molecule has 1 N–H and O–H groups in total. The highest BCUT2D eigenvalue weighted by molar-refractivity contribution is 8.00. The molecule has 15 heteroatoms. The highest BCUT2D eigenvalue weighted by Crippen LogP contribution is 2.53. The van der Waals surface area contributed by atoms with E-state index in [1.165, 1.54) is 23.1 Å². The van der Waals surface area contributed by atoms with E-state index in [-0.39, 0.29) is 28.6 Å². The summed E-state index contributed by atoms with van der Waals surface area (Å²) in [6.45, 7) is -0.868. The number of carbonyl (C=O) groups is 1. The van der Waals surface area contributed by atoms with Crippen molar-refractivity contribution >= 4 is 38.9 Å². The van der Waals surface area contributed by atoms with Gasteiger partial charge in [-0.15, -0.1) is 11.8 Å². The van der Waals surface area contributed by atoms with Crippen LogP contribution in [-0.2, 0) is 14.6 Å². The molecule has 2 saturated carbocycles. The van der Waals surface area contributed by atoms with Gasteiger partial charge in [0.05, 0.1) is 15.5 Å². The Hall–Kier alpha value is -2.68. The third kappa shape index (κ3) is 6.31. The molecule has 230 valence electrons. The molecule has 42 heavy (non-hydrogen) atoms. The number of anilines is 2. The third-order valence-corrected chi connectivity index (χ3v) is 11.0. The van der Waals surface area contributed by atoms with E-state index < -0.39 is 92.9 Å². The fourth-order valence-electron chi connectivity index (χ4n) is 5.06. The molecule has 0 bridgehead atoms. The van der Waals surface area contributed by atoms with E-state index in [0.717, 1.165) is 30.0 Å². The number of halogens is 7. The molecule has 0 unspecified atom stereocenters. The Morgan fingerprint density at radius 2 is 1.76 bits per heavy atom. The van der Waals surface area contributed by atoms with Gasteiger partial charge in [0.15, 0.2) is 0 Å². The molecule has 1 aliphatic heterocycles. The van der Waals surface area contributed by atoms with Crippen molar-refractivity contribution < 1.29 is 53.8 Å². The van der Waals surface area contributed by atoms with E-state index in [1.807, 2.05) is 0 Å². The molecule has 0 spiro atoms. The molecule has 0 amide bonds. The molecule has 2 atom stereocenters. The molecule has 2 aromatic rings. The molecule has 3 aliphatic rings. The van der Waals surface area contributed by atoms with Crippen molar-refractivity contribution in [2.75, 3.05) is 18.1 Å². The second-order valence-electron chi connectivity index (χ2n) is 11.0. The Morgan fingerprint density at radius 1 is 1.12 bits per heavy atom. The molecule has 6 nitrogen and oxygen atoms in total. The first kappa shape index (κ1) is 30.8. The van der Waals surface area contributed by atoms with Crippen molar-refractivity contribution in [1.29, 1.82) is 0 Å². The maximum Gasteiger partial charge on any atom is 0.389 e. The highest BCUT2D eigenvalue weighted by Gasteiger charge is 2.52. The van der Waals surface area contributed by atoms with Gasteiger partial charge in [-0.05, 0) is 49.6 Å². The summed E-state index contributed by atoms with van der Waals surface area (Å²) in [4.78, 5) is 12.5. The standard InChI is InChI=1S/C27H26F7NO5S2/c28-16-1-3-17(4-2-16)35-13-15(5-6-27(32,33)34)23(29)42(38,39)22-10-20(40-14-25(7-8-25)24(36)37)21(9-19(22)35)41-18-11-26(30,31)12-18/h1-4,9-10,15,18,23H,5-8,11-14H2,(H,36,37)/t15-,23+/m0/s1. The number of ether oxygens (including phenoxy) is 1. The normalized spacial score (nSPS) is 24.3. The SMILES string of the molecule is O=C(O)C1(COc2cc3c(cc2SC2CC(F)(F)C2)N(c2ccc(F)cc2)C[C@H](CCC(F)(F)F)[C@H](F)S3(=O)=O)CC1. The van der Waals surface area contributed by atoms with Crippen molar-refractivity contribution in [2.45, 2.75) is 71.2 Å². The lowest BCUT2D eigenvalue weighted by molar-refractivity contribution is -0.144. The van der Waals surface area contributed by atoms with Gasteiger partial charge in [0.1, 0.15) is 23.6 Å². The van der Waals surface area contributed by atoms with E-state index in [1.54, 1.807) is 0 Å². The van der Waals surface area contributed by atoms with E-state index >= 15 is 4.39 Å². The minimum atomic E-state index is -4.93. The summed E-state index contributed by atoms with van der Waals surface area (Å²) >= 11 is 0.957. The molecule has 0 saturated heterocycles. The van der Waals surface area contributed by atoms with Crippen LogP contribution in [0.4, 0.5) is 42.1 Å². The molecule has 2 aliphatic carbocycles. The second-order valence-corrected chi connectivity index (χ2v) is 14.4. The lowest BCUT2D eigenvalue weighted by atomic mass is 9.94. The molecule has 0 radical (unpaired) electrons. The zero-order valence-corrected chi connectivity index (χ0v) is 23.5. The van der Waals surface area contributed by atoms with Gasteiger partial charge in [-0.3, -0.25) is 4.79 Å². The third-order valence-electron chi connectivity index (χ3n) is 7.80. The fourth-order valence-corrected chi connectivity index (χ4v) is 8.19. The first-order valence-corrected chi connectivity index (χ1v) is 15.5. The van der Waals surface area contributed by atoms with E-state index in [9.17, 15) is 44.7 Å². The number of carboxylic acids is 1. The molecule has 5 rings (SSSR count). The summed E-state index contributed by atoms with van der Waals surface area (Å²) < 4.78 is 129. The number of alkyl halides is 6. The van der Waals surface area contributed by atoms with Gasteiger partial charge < -0.3 is 14.7 Å². The van der Waals surface area contributed by atoms with Crippen LogP contribution in [0.2, 0.25) is 0 Å². The lowest BCUT2D eigenvalue weighted by Crippen LogP contribution is -2.37. The van der Waals surface area contributed by atoms with Gasteiger partial charge in [0.25, 0.3) is 0 Å². The summed E-state index contributed by atoms with van der Waals surface area (Å²) in [7, 11) is -4.93. The number of nitrogens with zero attached hydrogens (tertiary/aromatic N) is 1. The number of hydrogen-bond acceptors (Lipinski definition) is 6. The number of rotatable bonds is 9. The quantitative estimate of drug-likeness (QED) is 0.292. The number of aliphatic carboxylic acids is 1. The van der Waals surface area contributed by atoms with Crippen molar-refractivity contribution in [3.05, 3.63) is 42.2 Å². The first-order valence-electron chi connectivity index (χ1n) is 13.1. The van der Waals surface area contributed by atoms with Crippen LogP contribution in [0.3, 0.4) is 0 Å². The molecule has 2 fully saturated rings. The van der Waals surface area contributed by atoms with Crippen molar-refractivity contribution in [1.82, 2.24) is 0 Å². The summed E-state index contributed by atoms with van der Waals surface area (Å²) in [5.41, 5.74) is -3.92. The Labute approximate surface area is 241 Å². The molecular weight excluding hydrogens is 615 g/mol. The maximum atomic E-state index is 15.7. The number of fused-ring (bicyclic) bond motifs is 1. The smallest absolute Gasteiger partial charge is 0.389 e. The van der Waals surface area contributed by atoms with Gasteiger partial charge >= 0.3 is 12.1 Å². The van der Waals surface area contributed by atoms with Gasteiger partial charge in [-0.2, -0.15) is 13.2 Å². The topological polar surface area (TPSA) is 83.9 Å². The van der Waals surface area contributed by atoms with Crippen LogP contribution in [0.25, 0.3) is 0 Å². The Bertz CT molecular complexity index is 1450. The van der Waals surface area contributed by atoms with Crippen molar-refractivity contribution in [3.8, 4) is 5.75 Å². The predicted molar refractivity (Wildman–Crippen MR) is 139 cm³/mol. The highest BCUT2D eigenvalue weighted by atomic mass is 32.2. The Balaban J connectivity index is 1.61. The molecule has 1 heterocycles. The van der Waals surface area contributed by atoms with Crippen LogP contribution < -0.4 is 9.64 Å². The number of hydrogen-bond donors (Lipinski definition) is 1. The van der Waals surface area contributed by atoms with Crippen molar-refractivity contribution in [3.63, 3.8) is 0 Å². The van der Waals surface area contributed by atoms with Gasteiger partial charge in [-0.25, -0.2) is 26.0 Å². The summed E-state index contributed by atoms with van der Waals surface area (Å²) in [5.74, 6) is -6.46.